The molecular formula is C25H24N4O4. The number of nitrogens with zero attached hydrogens (tertiary/aromatic N) is 1. The Morgan fingerprint density at radius 3 is 2.39 bits per heavy atom. The van der Waals surface area contributed by atoms with Crippen LogP contribution in [0, 0.1) is 6.92 Å². The molecule has 0 aliphatic carbocycles. The molecule has 0 spiro atoms. The van der Waals surface area contributed by atoms with Crippen molar-refractivity contribution in [3.63, 3.8) is 0 Å². The van der Waals surface area contributed by atoms with Crippen LogP contribution < -0.4 is 20.8 Å². The highest BCUT2D eigenvalue weighted by Gasteiger charge is 2.12. The monoisotopic (exact) mass is 444 g/mol. The summed E-state index contributed by atoms with van der Waals surface area (Å²) in [4.78, 5) is 35.7. The van der Waals surface area contributed by atoms with E-state index in [-0.39, 0.29) is 12.5 Å². The number of anilines is 1. The van der Waals surface area contributed by atoms with E-state index in [9.17, 15) is 14.4 Å². The van der Waals surface area contributed by atoms with Crippen molar-refractivity contribution in [3.05, 3.63) is 95.6 Å². The first-order chi connectivity index (χ1) is 16.0. The zero-order valence-electron chi connectivity index (χ0n) is 18.1. The van der Waals surface area contributed by atoms with Gasteiger partial charge in [0.15, 0.2) is 6.61 Å². The lowest BCUT2D eigenvalue weighted by Crippen LogP contribution is -2.32. The fourth-order valence-electron chi connectivity index (χ4n) is 2.77. The minimum Gasteiger partial charge on any atom is -0.484 e. The van der Waals surface area contributed by atoms with Gasteiger partial charge in [-0.15, -0.1) is 0 Å². The van der Waals surface area contributed by atoms with Gasteiger partial charge >= 0.3 is 11.8 Å². The number of hydrazone groups is 1. The minimum atomic E-state index is -0.880. The summed E-state index contributed by atoms with van der Waals surface area (Å²) < 4.78 is 5.47. The van der Waals surface area contributed by atoms with Crippen LogP contribution in [0.15, 0.2) is 84.0 Å². The second kappa shape index (κ2) is 11.8. The number of rotatable bonds is 8. The van der Waals surface area contributed by atoms with Crippen molar-refractivity contribution < 1.29 is 19.1 Å². The first-order valence-electron chi connectivity index (χ1n) is 10.2. The number of hydrogen-bond acceptors (Lipinski definition) is 5. The lowest BCUT2D eigenvalue weighted by Gasteiger charge is -2.08. The van der Waals surface area contributed by atoms with Gasteiger partial charge in [-0.2, -0.15) is 5.10 Å². The third kappa shape index (κ3) is 7.95. The number of amides is 3. The molecule has 3 aromatic rings. The van der Waals surface area contributed by atoms with Crippen molar-refractivity contribution in [1.29, 1.82) is 0 Å². The van der Waals surface area contributed by atoms with Gasteiger partial charge < -0.3 is 15.4 Å². The Morgan fingerprint density at radius 1 is 0.909 bits per heavy atom. The Hall–Kier alpha value is -4.46. The maximum atomic E-state index is 11.9. The molecule has 0 saturated carbocycles. The van der Waals surface area contributed by atoms with Crippen molar-refractivity contribution in [2.24, 2.45) is 5.10 Å². The van der Waals surface area contributed by atoms with Crippen LogP contribution in [0.4, 0.5) is 5.69 Å². The number of aryl methyl sites for hydroxylation is 1. The summed E-state index contributed by atoms with van der Waals surface area (Å²) in [5.41, 5.74) is 5.36. The highest BCUT2D eigenvalue weighted by atomic mass is 16.5. The molecule has 3 aromatic carbocycles. The SMILES string of the molecule is Cc1cccc(NC(=O)C(=O)N/N=C/c2ccc(OCC(=O)NCc3ccccc3)cc2)c1. The van der Waals surface area contributed by atoms with Gasteiger partial charge in [0.2, 0.25) is 0 Å². The third-order valence-corrected chi connectivity index (χ3v) is 4.44. The Bertz CT molecular complexity index is 1130. The molecular weight excluding hydrogens is 420 g/mol. The zero-order valence-corrected chi connectivity index (χ0v) is 18.1. The number of benzene rings is 3. The van der Waals surface area contributed by atoms with Crippen LogP contribution in [-0.4, -0.2) is 30.5 Å². The zero-order chi connectivity index (χ0) is 23.5. The molecule has 0 bridgehead atoms. The van der Waals surface area contributed by atoms with Gasteiger partial charge in [-0.1, -0.05) is 42.5 Å². The maximum absolute atomic E-state index is 11.9. The average Bonchev–Trinajstić information content (AvgIpc) is 2.83. The van der Waals surface area contributed by atoms with Crippen LogP contribution in [0.3, 0.4) is 0 Å². The fraction of sp³-hybridized carbons (Fsp3) is 0.120. The quantitative estimate of drug-likeness (QED) is 0.282. The summed E-state index contributed by atoms with van der Waals surface area (Å²) in [6, 6.07) is 23.5. The molecule has 0 unspecified atom stereocenters. The molecule has 0 aliphatic rings. The molecule has 8 heteroatoms. The lowest BCUT2D eigenvalue weighted by atomic mass is 10.2. The van der Waals surface area contributed by atoms with Crippen LogP contribution in [0.2, 0.25) is 0 Å². The van der Waals surface area contributed by atoms with E-state index >= 15 is 0 Å². The van der Waals surface area contributed by atoms with E-state index in [0.717, 1.165) is 11.1 Å². The molecule has 33 heavy (non-hydrogen) atoms. The highest BCUT2D eigenvalue weighted by molar-refractivity contribution is 6.39. The van der Waals surface area contributed by atoms with Crippen LogP contribution in [0.25, 0.3) is 0 Å². The number of ether oxygens (including phenoxy) is 1. The topological polar surface area (TPSA) is 109 Å². The van der Waals surface area contributed by atoms with Crippen molar-refractivity contribution in [3.8, 4) is 5.75 Å². The molecule has 0 saturated heterocycles. The summed E-state index contributed by atoms with van der Waals surface area (Å²) in [6.07, 6.45) is 1.40. The van der Waals surface area contributed by atoms with Gasteiger partial charge in [0, 0.05) is 12.2 Å². The van der Waals surface area contributed by atoms with Gasteiger partial charge in [0.1, 0.15) is 5.75 Å². The van der Waals surface area contributed by atoms with E-state index in [2.05, 4.69) is 21.2 Å². The average molecular weight is 444 g/mol. The van der Waals surface area contributed by atoms with Crippen LogP contribution in [0.1, 0.15) is 16.7 Å². The summed E-state index contributed by atoms with van der Waals surface area (Å²) in [6.45, 7) is 2.22. The Morgan fingerprint density at radius 2 is 1.67 bits per heavy atom. The summed E-state index contributed by atoms with van der Waals surface area (Å²) in [5, 5.41) is 9.08. The van der Waals surface area contributed by atoms with E-state index in [1.165, 1.54) is 6.21 Å². The van der Waals surface area contributed by atoms with Gasteiger partial charge in [0.25, 0.3) is 5.91 Å². The molecule has 0 heterocycles. The smallest absolute Gasteiger partial charge is 0.329 e. The van der Waals surface area contributed by atoms with E-state index in [4.69, 9.17) is 4.74 Å². The van der Waals surface area contributed by atoms with Crippen molar-refractivity contribution in [2.75, 3.05) is 11.9 Å². The highest BCUT2D eigenvalue weighted by Crippen LogP contribution is 2.11. The van der Waals surface area contributed by atoms with E-state index in [1.807, 2.05) is 43.3 Å². The molecule has 168 valence electrons. The molecule has 3 rings (SSSR count). The normalized spacial score (nSPS) is 10.5. The molecule has 0 radical (unpaired) electrons. The Labute approximate surface area is 191 Å². The van der Waals surface area contributed by atoms with E-state index in [0.29, 0.717) is 23.5 Å². The molecule has 0 atom stereocenters. The van der Waals surface area contributed by atoms with E-state index < -0.39 is 11.8 Å². The first kappa shape index (κ1) is 23.2. The van der Waals surface area contributed by atoms with Crippen molar-refractivity contribution >= 4 is 29.6 Å². The molecule has 0 aromatic heterocycles. The summed E-state index contributed by atoms with van der Waals surface area (Å²) >= 11 is 0. The molecule has 3 N–H and O–H groups in total. The largest absolute Gasteiger partial charge is 0.484 e. The van der Waals surface area contributed by atoms with Crippen LogP contribution >= 0.6 is 0 Å². The number of hydrogen-bond donors (Lipinski definition) is 3. The predicted molar refractivity (Wildman–Crippen MR) is 126 cm³/mol. The van der Waals surface area contributed by atoms with Gasteiger partial charge in [-0.3, -0.25) is 14.4 Å². The maximum Gasteiger partial charge on any atom is 0.329 e. The summed E-state index contributed by atoms with van der Waals surface area (Å²) in [7, 11) is 0. The van der Waals surface area contributed by atoms with Gasteiger partial charge in [-0.25, -0.2) is 5.43 Å². The van der Waals surface area contributed by atoms with Crippen LogP contribution in [-0.2, 0) is 20.9 Å². The molecule has 8 nitrogen and oxygen atoms in total. The number of nitrogens with one attached hydrogen (secondary N) is 3. The molecule has 0 aliphatic heterocycles. The third-order valence-electron chi connectivity index (χ3n) is 4.44. The molecule has 0 fully saturated rings. The summed E-state index contributed by atoms with van der Waals surface area (Å²) in [5.74, 6) is -1.40. The number of carbonyl (C=O) groups is 3. The van der Waals surface area contributed by atoms with Gasteiger partial charge in [0.05, 0.1) is 6.21 Å². The van der Waals surface area contributed by atoms with Gasteiger partial charge in [-0.05, 0) is 60.0 Å². The van der Waals surface area contributed by atoms with Crippen molar-refractivity contribution in [1.82, 2.24) is 10.7 Å². The standard InChI is InChI=1S/C25H24N4O4/c1-18-6-5-9-21(14-18)28-24(31)25(32)29-27-16-20-10-12-22(13-11-20)33-17-23(30)26-15-19-7-3-2-4-8-19/h2-14,16H,15,17H2,1H3,(H,26,30)(H,28,31)(H,29,32)/b27-16+. The molecule has 3 amide bonds. The lowest BCUT2D eigenvalue weighted by molar-refractivity contribution is -0.136. The first-order valence-corrected chi connectivity index (χ1v) is 10.2. The van der Waals surface area contributed by atoms with Crippen molar-refractivity contribution in [2.45, 2.75) is 13.5 Å². The minimum absolute atomic E-state index is 0.105. The van der Waals surface area contributed by atoms with E-state index in [1.54, 1.807) is 42.5 Å². The fourth-order valence-corrected chi connectivity index (χ4v) is 2.77. The second-order valence-electron chi connectivity index (χ2n) is 7.14. The Balaban J connectivity index is 1.39. The second-order valence-corrected chi connectivity index (χ2v) is 7.14. The Kier molecular flexibility index (Phi) is 8.30. The van der Waals surface area contributed by atoms with Crippen LogP contribution in [0.5, 0.6) is 5.75 Å². The number of carbonyl (C=O) groups excluding carboxylic acids is 3. The predicted octanol–water partition coefficient (Wildman–Crippen LogP) is 2.78.